The van der Waals surface area contributed by atoms with Crippen LogP contribution in [0, 0.1) is 0 Å². The molecular formula is C13H19N5O2. The number of carbonyl (C=O) groups excluding carboxylic acids is 2. The fourth-order valence-corrected chi connectivity index (χ4v) is 2.79. The minimum Gasteiger partial charge on any atom is -0.350 e. The van der Waals surface area contributed by atoms with Gasteiger partial charge in [0.15, 0.2) is 0 Å². The van der Waals surface area contributed by atoms with Crippen molar-refractivity contribution in [3.8, 4) is 0 Å². The maximum Gasteiger partial charge on any atom is 0.237 e. The molecule has 0 aromatic carbocycles. The first-order valence-corrected chi connectivity index (χ1v) is 6.92. The number of fused-ring (bicyclic) bond motifs is 1. The molecule has 2 unspecified atom stereocenters. The van der Waals surface area contributed by atoms with Crippen LogP contribution in [-0.2, 0) is 22.6 Å². The Kier molecular flexibility index (Phi) is 3.43. The first kappa shape index (κ1) is 13.1. The smallest absolute Gasteiger partial charge is 0.237 e. The zero-order chi connectivity index (χ0) is 14.1. The molecule has 20 heavy (non-hydrogen) atoms. The number of imidazole rings is 1. The number of aromatic amines is 1. The third-order valence-corrected chi connectivity index (χ3v) is 4.02. The van der Waals surface area contributed by atoms with E-state index in [9.17, 15) is 9.59 Å². The highest BCUT2D eigenvalue weighted by molar-refractivity contribution is 5.83. The van der Waals surface area contributed by atoms with E-state index in [2.05, 4.69) is 20.6 Å². The second-order valence-corrected chi connectivity index (χ2v) is 5.48. The molecule has 3 N–H and O–H groups in total. The van der Waals surface area contributed by atoms with Crippen molar-refractivity contribution in [1.82, 2.24) is 25.5 Å². The molecule has 0 bridgehead atoms. The van der Waals surface area contributed by atoms with Crippen molar-refractivity contribution >= 4 is 11.8 Å². The first-order valence-electron chi connectivity index (χ1n) is 6.92. The van der Waals surface area contributed by atoms with Crippen LogP contribution in [0.25, 0.3) is 0 Å². The van der Waals surface area contributed by atoms with E-state index in [1.165, 1.54) is 0 Å². The molecule has 7 heteroatoms. The Hall–Kier alpha value is -1.89. The summed E-state index contributed by atoms with van der Waals surface area (Å²) in [6, 6.07) is -0.193. The number of likely N-dealkylation sites (tertiary alicyclic amines) is 1. The number of carbonyl (C=O) groups is 2. The van der Waals surface area contributed by atoms with Crippen molar-refractivity contribution in [1.29, 1.82) is 0 Å². The van der Waals surface area contributed by atoms with Gasteiger partial charge in [0.1, 0.15) is 0 Å². The molecule has 3 rings (SSSR count). The number of nitrogens with one attached hydrogen (secondary N) is 3. The standard InChI is InChI=1S/C13H19N5O2/c1-18-6-8(2-3-12(18)19)17-13(20)10-4-9-11(5-14-10)16-7-15-9/h7-8,10,14H,2-6H2,1H3,(H,15,16)(H,17,20). The highest BCUT2D eigenvalue weighted by Gasteiger charge is 2.29. The summed E-state index contributed by atoms with van der Waals surface area (Å²) in [5.41, 5.74) is 2.01. The van der Waals surface area contributed by atoms with Crippen LogP contribution < -0.4 is 10.6 Å². The quantitative estimate of drug-likeness (QED) is 0.657. The number of nitrogens with zero attached hydrogens (tertiary/aromatic N) is 2. The maximum atomic E-state index is 12.3. The Morgan fingerprint density at radius 3 is 3.20 bits per heavy atom. The van der Waals surface area contributed by atoms with Gasteiger partial charge in [-0.25, -0.2) is 4.98 Å². The Labute approximate surface area is 117 Å². The van der Waals surface area contributed by atoms with E-state index in [1.807, 2.05) is 0 Å². The zero-order valence-corrected chi connectivity index (χ0v) is 11.5. The zero-order valence-electron chi connectivity index (χ0n) is 11.5. The number of H-pyrrole nitrogens is 1. The first-order chi connectivity index (χ1) is 9.63. The molecule has 1 aromatic rings. The maximum absolute atomic E-state index is 12.3. The third-order valence-electron chi connectivity index (χ3n) is 4.02. The van der Waals surface area contributed by atoms with Gasteiger partial charge >= 0.3 is 0 Å². The van der Waals surface area contributed by atoms with Crippen LogP contribution in [0.4, 0.5) is 0 Å². The average Bonchev–Trinajstić information content (AvgIpc) is 2.90. The molecule has 0 radical (unpaired) electrons. The lowest BCUT2D eigenvalue weighted by Crippen LogP contribution is -2.54. The van der Waals surface area contributed by atoms with E-state index in [0.717, 1.165) is 17.8 Å². The predicted octanol–water partition coefficient (Wildman–Crippen LogP) is -0.839. The van der Waals surface area contributed by atoms with E-state index < -0.39 is 0 Å². The van der Waals surface area contributed by atoms with Crippen molar-refractivity contribution in [2.75, 3.05) is 13.6 Å². The van der Waals surface area contributed by atoms with Crippen molar-refractivity contribution in [3.63, 3.8) is 0 Å². The summed E-state index contributed by atoms with van der Waals surface area (Å²) in [6.07, 6.45) is 3.48. The summed E-state index contributed by atoms with van der Waals surface area (Å²) in [4.78, 5) is 32.7. The largest absolute Gasteiger partial charge is 0.350 e. The van der Waals surface area contributed by atoms with Gasteiger partial charge < -0.3 is 15.2 Å². The minimum atomic E-state index is -0.242. The van der Waals surface area contributed by atoms with Crippen LogP contribution >= 0.6 is 0 Å². The summed E-state index contributed by atoms with van der Waals surface area (Å²) < 4.78 is 0. The minimum absolute atomic E-state index is 0.00796. The SMILES string of the molecule is CN1CC(NC(=O)C2Cc3nc[nH]c3CN2)CCC1=O. The number of likely N-dealkylation sites (N-methyl/N-ethyl adjacent to an activating group) is 1. The number of hydrogen-bond donors (Lipinski definition) is 3. The predicted molar refractivity (Wildman–Crippen MR) is 71.7 cm³/mol. The lowest BCUT2D eigenvalue weighted by Gasteiger charge is -2.32. The molecule has 1 saturated heterocycles. The van der Waals surface area contributed by atoms with Crippen LogP contribution in [0.15, 0.2) is 6.33 Å². The third kappa shape index (κ3) is 2.53. The number of hydrogen-bond acceptors (Lipinski definition) is 4. The van der Waals surface area contributed by atoms with Crippen LogP contribution in [-0.4, -0.2) is 52.4 Å². The molecule has 108 valence electrons. The Balaban J connectivity index is 1.56. The van der Waals surface area contributed by atoms with Gasteiger partial charge in [-0.3, -0.25) is 14.9 Å². The molecule has 2 amide bonds. The number of amides is 2. The molecule has 2 aliphatic heterocycles. The van der Waals surface area contributed by atoms with E-state index in [1.54, 1.807) is 18.3 Å². The number of aromatic nitrogens is 2. The van der Waals surface area contributed by atoms with E-state index >= 15 is 0 Å². The summed E-state index contributed by atoms with van der Waals surface area (Å²) in [7, 11) is 1.77. The molecule has 3 heterocycles. The highest BCUT2D eigenvalue weighted by Crippen LogP contribution is 2.14. The summed E-state index contributed by atoms with van der Waals surface area (Å²) in [5, 5.41) is 6.24. The molecule has 2 atom stereocenters. The van der Waals surface area contributed by atoms with Crippen molar-refractivity contribution < 1.29 is 9.59 Å². The van der Waals surface area contributed by atoms with Gasteiger partial charge in [-0.05, 0) is 6.42 Å². The average molecular weight is 277 g/mol. The highest BCUT2D eigenvalue weighted by atomic mass is 16.2. The van der Waals surface area contributed by atoms with E-state index in [-0.39, 0.29) is 23.9 Å². The summed E-state index contributed by atoms with van der Waals surface area (Å²) in [6.45, 7) is 1.22. The molecule has 0 spiro atoms. The van der Waals surface area contributed by atoms with Gasteiger partial charge in [0.25, 0.3) is 0 Å². The van der Waals surface area contributed by atoms with Gasteiger partial charge in [-0.15, -0.1) is 0 Å². The van der Waals surface area contributed by atoms with E-state index in [4.69, 9.17) is 0 Å². The fourth-order valence-electron chi connectivity index (χ4n) is 2.79. The molecule has 1 aromatic heterocycles. The van der Waals surface area contributed by atoms with Gasteiger partial charge in [0.2, 0.25) is 11.8 Å². The molecule has 1 fully saturated rings. The molecule has 7 nitrogen and oxygen atoms in total. The Bertz CT molecular complexity index is 527. The second kappa shape index (κ2) is 5.24. The Morgan fingerprint density at radius 2 is 2.40 bits per heavy atom. The van der Waals surface area contributed by atoms with Gasteiger partial charge in [0.05, 0.1) is 23.8 Å². The fraction of sp³-hybridized carbons (Fsp3) is 0.615. The van der Waals surface area contributed by atoms with E-state index in [0.29, 0.717) is 25.9 Å². The number of rotatable bonds is 2. The van der Waals surface area contributed by atoms with Crippen LogP contribution in [0.2, 0.25) is 0 Å². The normalized spacial score (nSPS) is 26.2. The molecular weight excluding hydrogens is 258 g/mol. The molecule has 0 saturated carbocycles. The van der Waals surface area contributed by atoms with Gasteiger partial charge in [-0.2, -0.15) is 0 Å². The van der Waals surface area contributed by atoms with Crippen molar-refractivity contribution in [2.45, 2.75) is 37.9 Å². The summed E-state index contributed by atoms with van der Waals surface area (Å²) >= 11 is 0. The lowest BCUT2D eigenvalue weighted by molar-refractivity contribution is -0.134. The second-order valence-electron chi connectivity index (χ2n) is 5.48. The Morgan fingerprint density at radius 1 is 1.55 bits per heavy atom. The number of piperidine rings is 1. The molecule has 0 aliphatic carbocycles. The van der Waals surface area contributed by atoms with Crippen molar-refractivity contribution in [3.05, 3.63) is 17.7 Å². The van der Waals surface area contributed by atoms with Crippen molar-refractivity contribution in [2.24, 2.45) is 0 Å². The monoisotopic (exact) mass is 277 g/mol. The molecule has 2 aliphatic rings. The lowest BCUT2D eigenvalue weighted by atomic mass is 10.0. The summed E-state index contributed by atoms with van der Waals surface area (Å²) in [5.74, 6) is 0.138. The van der Waals surface area contributed by atoms with Crippen LogP contribution in [0.1, 0.15) is 24.2 Å². The topological polar surface area (TPSA) is 90.1 Å². The van der Waals surface area contributed by atoms with Crippen LogP contribution in [0.3, 0.4) is 0 Å². The van der Waals surface area contributed by atoms with Gasteiger partial charge in [-0.1, -0.05) is 0 Å². The van der Waals surface area contributed by atoms with Gasteiger partial charge in [0, 0.05) is 39.0 Å². The van der Waals surface area contributed by atoms with Crippen LogP contribution in [0.5, 0.6) is 0 Å².